The highest BCUT2D eigenvalue weighted by Crippen LogP contribution is 2.64. The summed E-state index contributed by atoms with van der Waals surface area (Å²) in [6, 6.07) is 0. The lowest BCUT2D eigenvalue weighted by Crippen LogP contribution is -2.60. The number of rotatable bonds is 6. The van der Waals surface area contributed by atoms with E-state index in [-0.39, 0.29) is 22.9 Å². The van der Waals surface area contributed by atoms with Crippen LogP contribution in [-0.2, 0) is 9.47 Å². The molecule has 34 heavy (non-hydrogen) atoms. The second-order valence-corrected chi connectivity index (χ2v) is 12.1. The lowest BCUT2D eigenvalue weighted by atomic mass is 9.45. The number of aliphatic hydroxyl groups is 6. The van der Waals surface area contributed by atoms with Crippen molar-refractivity contribution in [2.24, 2.45) is 28.1 Å². The maximum atomic E-state index is 10.4. The van der Waals surface area contributed by atoms with Gasteiger partial charge >= 0.3 is 0 Å². The van der Waals surface area contributed by atoms with Crippen molar-refractivity contribution in [3.63, 3.8) is 0 Å². The Morgan fingerprint density at radius 2 is 1.76 bits per heavy atom. The molecule has 0 radical (unpaired) electrons. The molecule has 0 aromatic heterocycles. The molecule has 4 rings (SSSR count). The summed E-state index contributed by atoms with van der Waals surface area (Å²) in [7, 11) is 0. The van der Waals surface area contributed by atoms with E-state index in [0.29, 0.717) is 18.4 Å². The molecule has 8 heteroatoms. The fourth-order valence-electron chi connectivity index (χ4n) is 7.78. The molecule has 0 amide bonds. The van der Waals surface area contributed by atoms with Gasteiger partial charge in [0.05, 0.1) is 25.9 Å². The van der Waals surface area contributed by atoms with E-state index in [0.717, 1.165) is 44.9 Å². The van der Waals surface area contributed by atoms with E-state index in [2.05, 4.69) is 19.9 Å². The second kappa shape index (κ2) is 9.71. The summed E-state index contributed by atoms with van der Waals surface area (Å²) in [4.78, 5) is 0. The van der Waals surface area contributed by atoms with Gasteiger partial charge in [0.2, 0.25) is 0 Å². The van der Waals surface area contributed by atoms with E-state index in [1.165, 1.54) is 5.57 Å². The summed E-state index contributed by atoms with van der Waals surface area (Å²) >= 11 is 0. The SMILES string of the molecule is C[C@@]1(CO[C@@H]2O[C@H](CO)[C@@H](O)[C@H](O)[C@H]2O)CCC[C@@]2(C)[C@@H]3CC[C@](C)([C@@H](O)CO)C=C3CC[C@H]12. The van der Waals surface area contributed by atoms with Crippen LogP contribution in [0, 0.1) is 28.1 Å². The van der Waals surface area contributed by atoms with Crippen molar-refractivity contribution in [3.05, 3.63) is 11.6 Å². The zero-order chi connectivity index (χ0) is 24.9. The first-order chi connectivity index (χ1) is 16.0. The number of ether oxygens (including phenoxy) is 2. The lowest BCUT2D eigenvalue weighted by Gasteiger charge is -2.60. The summed E-state index contributed by atoms with van der Waals surface area (Å²) in [5.74, 6) is 0.852. The first-order valence-corrected chi connectivity index (χ1v) is 12.9. The largest absolute Gasteiger partial charge is 0.394 e. The van der Waals surface area contributed by atoms with Gasteiger partial charge in [0.25, 0.3) is 0 Å². The molecule has 2 saturated carbocycles. The predicted octanol–water partition coefficient (Wildman–Crippen LogP) is 1.11. The van der Waals surface area contributed by atoms with Crippen LogP contribution >= 0.6 is 0 Å². The normalized spacial score (nSPS) is 50.1. The molecule has 196 valence electrons. The molecule has 11 atom stereocenters. The van der Waals surface area contributed by atoms with E-state index in [1.807, 2.05) is 6.92 Å². The Labute approximate surface area is 202 Å². The van der Waals surface area contributed by atoms with Crippen LogP contribution in [0.1, 0.15) is 65.7 Å². The highest BCUT2D eigenvalue weighted by Gasteiger charge is 2.57. The molecular weight excluding hydrogens is 440 g/mol. The van der Waals surface area contributed by atoms with Gasteiger partial charge in [0.15, 0.2) is 6.29 Å². The maximum absolute atomic E-state index is 10.4. The zero-order valence-corrected chi connectivity index (χ0v) is 20.8. The van der Waals surface area contributed by atoms with Gasteiger partial charge in [0, 0.05) is 5.41 Å². The monoisotopic (exact) mass is 484 g/mol. The maximum Gasteiger partial charge on any atom is 0.186 e. The van der Waals surface area contributed by atoms with Crippen LogP contribution in [0.25, 0.3) is 0 Å². The van der Waals surface area contributed by atoms with Crippen molar-refractivity contribution in [3.8, 4) is 0 Å². The van der Waals surface area contributed by atoms with Crippen LogP contribution < -0.4 is 0 Å². The highest BCUT2D eigenvalue weighted by atomic mass is 16.7. The summed E-state index contributed by atoms with van der Waals surface area (Å²) in [5, 5.41) is 60.0. The van der Waals surface area contributed by atoms with Crippen molar-refractivity contribution >= 4 is 0 Å². The fourth-order valence-corrected chi connectivity index (χ4v) is 7.78. The van der Waals surface area contributed by atoms with Crippen molar-refractivity contribution in [1.82, 2.24) is 0 Å². The number of allylic oxidation sites excluding steroid dienone is 1. The number of hydrogen-bond donors (Lipinski definition) is 6. The van der Waals surface area contributed by atoms with E-state index in [4.69, 9.17) is 9.47 Å². The Bertz CT molecular complexity index is 757. The Morgan fingerprint density at radius 1 is 1.03 bits per heavy atom. The van der Waals surface area contributed by atoms with Crippen LogP contribution in [0.5, 0.6) is 0 Å². The third kappa shape index (κ3) is 4.39. The zero-order valence-electron chi connectivity index (χ0n) is 20.8. The van der Waals surface area contributed by atoms with Crippen molar-refractivity contribution in [2.45, 2.75) is 103 Å². The molecule has 0 spiro atoms. The molecule has 0 aromatic carbocycles. The molecule has 3 fully saturated rings. The smallest absolute Gasteiger partial charge is 0.186 e. The number of fused-ring (bicyclic) bond motifs is 3. The average Bonchev–Trinajstić information content (AvgIpc) is 2.81. The van der Waals surface area contributed by atoms with Gasteiger partial charge in [0.1, 0.15) is 24.4 Å². The minimum Gasteiger partial charge on any atom is -0.394 e. The van der Waals surface area contributed by atoms with Crippen LogP contribution in [0.4, 0.5) is 0 Å². The van der Waals surface area contributed by atoms with Crippen LogP contribution in [0.3, 0.4) is 0 Å². The molecule has 0 unspecified atom stereocenters. The second-order valence-electron chi connectivity index (χ2n) is 12.1. The van der Waals surface area contributed by atoms with Crippen LogP contribution in [0.2, 0.25) is 0 Å². The van der Waals surface area contributed by atoms with Crippen LogP contribution in [0.15, 0.2) is 11.6 Å². The molecule has 0 bridgehead atoms. The molecule has 6 N–H and O–H groups in total. The third-order valence-corrected chi connectivity index (χ3v) is 9.91. The molecule has 4 aliphatic rings. The van der Waals surface area contributed by atoms with Gasteiger partial charge in [-0.15, -0.1) is 0 Å². The molecule has 1 saturated heterocycles. The topological polar surface area (TPSA) is 140 Å². The summed E-state index contributed by atoms with van der Waals surface area (Å²) in [5.41, 5.74) is 0.997. The van der Waals surface area contributed by atoms with E-state index in [1.54, 1.807) is 0 Å². The van der Waals surface area contributed by atoms with E-state index >= 15 is 0 Å². The van der Waals surface area contributed by atoms with Gasteiger partial charge in [-0.2, -0.15) is 0 Å². The third-order valence-electron chi connectivity index (χ3n) is 9.91. The number of hydrogen-bond acceptors (Lipinski definition) is 8. The first-order valence-electron chi connectivity index (χ1n) is 12.9. The minimum absolute atomic E-state index is 0.0985. The Hall–Kier alpha value is -0.580. The van der Waals surface area contributed by atoms with Crippen molar-refractivity contribution in [1.29, 1.82) is 0 Å². The van der Waals surface area contributed by atoms with E-state index in [9.17, 15) is 30.6 Å². The summed E-state index contributed by atoms with van der Waals surface area (Å²) in [6.45, 7) is 6.36. The van der Waals surface area contributed by atoms with E-state index < -0.39 is 43.4 Å². The predicted molar refractivity (Wildman–Crippen MR) is 125 cm³/mol. The molecule has 1 heterocycles. The molecule has 3 aliphatic carbocycles. The average molecular weight is 485 g/mol. The van der Waals surface area contributed by atoms with Gasteiger partial charge < -0.3 is 40.1 Å². The Balaban J connectivity index is 1.50. The molecule has 8 nitrogen and oxygen atoms in total. The standard InChI is InChI=1S/C26H44O8/c1-24(19(29)13-28)10-7-16-15(11-24)5-6-18-25(2,8-4-9-26(16,18)3)14-33-23-22(32)21(31)20(30)17(12-27)34-23/h11,16-23,27-32H,4-10,12-14H2,1-3H3/t16-,17-,18-,19+,20-,21+,22-,23-,24+,25+,26+/m1/s1. The van der Waals surface area contributed by atoms with Gasteiger partial charge in [-0.05, 0) is 61.2 Å². The van der Waals surface area contributed by atoms with Gasteiger partial charge in [-0.3, -0.25) is 0 Å². The molecule has 0 aromatic rings. The number of aliphatic hydroxyl groups excluding tert-OH is 6. The lowest BCUT2D eigenvalue weighted by molar-refractivity contribution is -0.309. The van der Waals surface area contributed by atoms with Gasteiger partial charge in [-0.1, -0.05) is 38.8 Å². The first kappa shape index (κ1) is 26.5. The molecule has 1 aliphatic heterocycles. The Kier molecular flexibility index (Phi) is 7.56. The quantitative estimate of drug-likeness (QED) is 0.308. The highest BCUT2D eigenvalue weighted by molar-refractivity contribution is 5.25. The van der Waals surface area contributed by atoms with Crippen LogP contribution in [-0.4, -0.2) is 87.3 Å². The minimum atomic E-state index is -1.44. The van der Waals surface area contributed by atoms with Crippen molar-refractivity contribution < 1.29 is 40.1 Å². The summed E-state index contributed by atoms with van der Waals surface area (Å²) < 4.78 is 11.7. The Morgan fingerprint density at radius 3 is 2.44 bits per heavy atom. The van der Waals surface area contributed by atoms with Crippen molar-refractivity contribution in [2.75, 3.05) is 19.8 Å². The molecular formula is C26H44O8. The van der Waals surface area contributed by atoms with Gasteiger partial charge in [-0.25, -0.2) is 0 Å². The summed E-state index contributed by atoms with van der Waals surface area (Å²) in [6.07, 6.45) is 2.25. The fraction of sp³-hybridized carbons (Fsp3) is 0.923.